The SMILES string of the molecule is C\C=C/C=C\C(=C/C)C(CN1CC2N(C(=O)CN(C)N2C(=O)NCc2ccc(OC)cc2)[C@@H](CCCC)C1=O)c1ccccc1. The Morgan fingerprint density at radius 2 is 1.80 bits per heavy atom. The van der Waals surface area contributed by atoms with Gasteiger partial charge in [-0.1, -0.05) is 92.6 Å². The van der Waals surface area contributed by atoms with E-state index >= 15 is 0 Å². The Kier molecular flexibility index (Phi) is 12.0. The van der Waals surface area contributed by atoms with Crippen LogP contribution in [-0.4, -0.2) is 83.7 Å². The largest absolute Gasteiger partial charge is 0.497 e. The number of nitrogens with one attached hydrogen (secondary N) is 1. The minimum atomic E-state index is -0.633. The number of methoxy groups -OCH3 is 1. The van der Waals surface area contributed by atoms with Crippen molar-refractivity contribution in [3.63, 3.8) is 0 Å². The fourth-order valence-electron chi connectivity index (χ4n) is 6.15. The van der Waals surface area contributed by atoms with Crippen LogP contribution in [0, 0.1) is 0 Å². The van der Waals surface area contributed by atoms with Crippen LogP contribution < -0.4 is 10.1 Å². The molecule has 4 rings (SSSR count). The van der Waals surface area contributed by atoms with Gasteiger partial charge in [-0.25, -0.2) is 14.8 Å². The molecule has 2 heterocycles. The molecule has 2 fully saturated rings. The number of amides is 4. The lowest BCUT2D eigenvalue weighted by Crippen LogP contribution is -2.76. The molecular formula is C36H47N5O4. The highest BCUT2D eigenvalue weighted by molar-refractivity contribution is 5.91. The van der Waals surface area contributed by atoms with Crippen LogP contribution in [0.4, 0.5) is 4.79 Å². The number of likely N-dealkylation sites (N-methyl/N-ethyl adjacent to an activating group) is 1. The number of fused-ring (bicyclic) bond motifs is 1. The van der Waals surface area contributed by atoms with Gasteiger partial charge in [0.1, 0.15) is 18.0 Å². The van der Waals surface area contributed by atoms with Crippen molar-refractivity contribution in [1.29, 1.82) is 0 Å². The zero-order valence-corrected chi connectivity index (χ0v) is 27.2. The molecule has 0 saturated carbocycles. The summed E-state index contributed by atoms with van der Waals surface area (Å²) in [4.78, 5) is 45.1. The predicted octanol–water partition coefficient (Wildman–Crippen LogP) is 5.49. The van der Waals surface area contributed by atoms with Gasteiger partial charge in [-0.3, -0.25) is 9.59 Å². The smallest absolute Gasteiger partial charge is 0.334 e. The van der Waals surface area contributed by atoms with Crippen molar-refractivity contribution in [3.8, 4) is 5.75 Å². The molecule has 0 bridgehead atoms. The summed E-state index contributed by atoms with van der Waals surface area (Å²) in [6.45, 7) is 7.04. The second-order valence-corrected chi connectivity index (χ2v) is 11.5. The number of piperazine rings is 1. The van der Waals surface area contributed by atoms with Crippen LogP contribution in [0.1, 0.15) is 57.1 Å². The molecule has 0 aromatic heterocycles. The van der Waals surface area contributed by atoms with Gasteiger partial charge in [0.2, 0.25) is 11.8 Å². The molecule has 2 aliphatic rings. The molecule has 45 heavy (non-hydrogen) atoms. The van der Waals surface area contributed by atoms with Gasteiger partial charge in [-0.2, -0.15) is 0 Å². The van der Waals surface area contributed by atoms with Gasteiger partial charge in [0.25, 0.3) is 0 Å². The lowest BCUT2D eigenvalue weighted by molar-refractivity contribution is -0.187. The van der Waals surface area contributed by atoms with Crippen LogP contribution in [0.25, 0.3) is 0 Å². The number of ether oxygens (including phenoxy) is 1. The van der Waals surface area contributed by atoms with Gasteiger partial charge in [0.15, 0.2) is 0 Å². The highest BCUT2D eigenvalue weighted by Gasteiger charge is 2.50. The number of hydrogen-bond acceptors (Lipinski definition) is 5. The van der Waals surface area contributed by atoms with Crippen molar-refractivity contribution >= 4 is 17.8 Å². The predicted molar refractivity (Wildman–Crippen MR) is 177 cm³/mol. The maximum absolute atomic E-state index is 14.2. The van der Waals surface area contributed by atoms with Crippen molar-refractivity contribution < 1.29 is 19.1 Å². The molecule has 3 atom stereocenters. The van der Waals surface area contributed by atoms with E-state index in [1.807, 2.05) is 79.4 Å². The van der Waals surface area contributed by atoms with Gasteiger partial charge in [0.05, 0.1) is 20.2 Å². The van der Waals surface area contributed by atoms with E-state index in [4.69, 9.17) is 4.74 Å². The summed E-state index contributed by atoms with van der Waals surface area (Å²) in [7, 11) is 3.37. The van der Waals surface area contributed by atoms with Crippen LogP contribution in [0.5, 0.6) is 5.75 Å². The van der Waals surface area contributed by atoms with Crippen LogP contribution >= 0.6 is 0 Å². The Balaban J connectivity index is 1.66. The Labute approximate surface area is 267 Å². The molecule has 0 aliphatic carbocycles. The molecule has 2 aromatic carbocycles. The zero-order chi connectivity index (χ0) is 32.3. The molecule has 2 unspecified atom stereocenters. The molecule has 2 aromatic rings. The lowest BCUT2D eigenvalue weighted by Gasteiger charge is -2.54. The topological polar surface area (TPSA) is 85.4 Å². The lowest BCUT2D eigenvalue weighted by atomic mass is 9.89. The first-order valence-corrected chi connectivity index (χ1v) is 15.8. The minimum Gasteiger partial charge on any atom is -0.497 e. The number of rotatable bonds is 12. The van der Waals surface area contributed by atoms with E-state index in [0.717, 1.165) is 35.3 Å². The second-order valence-electron chi connectivity index (χ2n) is 11.5. The summed E-state index contributed by atoms with van der Waals surface area (Å²) in [6.07, 6.45) is 11.8. The summed E-state index contributed by atoms with van der Waals surface area (Å²) in [5.41, 5.74) is 3.11. The minimum absolute atomic E-state index is 0.0213. The second kappa shape index (κ2) is 16.1. The van der Waals surface area contributed by atoms with Crippen molar-refractivity contribution in [2.75, 3.05) is 33.8 Å². The summed E-state index contributed by atoms with van der Waals surface area (Å²) < 4.78 is 5.25. The summed E-state index contributed by atoms with van der Waals surface area (Å²) >= 11 is 0. The summed E-state index contributed by atoms with van der Waals surface area (Å²) in [5, 5.41) is 6.31. The van der Waals surface area contributed by atoms with Gasteiger partial charge in [0, 0.05) is 26.1 Å². The molecule has 2 saturated heterocycles. The van der Waals surface area contributed by atoms with Crippen molar-refractivity contribution in [2.24, 2.45) is 0 Å². The standard InChI is InChI=1S/C36H47N5O4/c1-6-9-12-15-28(8-3)31(29-16-13-11-14-17-29)24-39-25-33-40(32(35(39)43)18-10-7-2)34(42)26-38(4)41(33)36(44)37-23-27-19-21-30(45-5)22-20-27/h6,8-9,11-17,19-22,31-33H,7,10,18,23-26H2,1-5H3,(H,37,44)/b9-6-,15-12-,28-8+/t31?,32-,33?/m0/s1. The Morgan fingerprint density at radius 3 is 2.44 bits per heavy atom. The quantitative estimate of drug-likeness (QED) is 0.320. The molecule has 2 aliphatic heterocycles. The van der Waals surface area contributed by atoms with Crippen molar-refractivity contribution in [1.82, 2.24) is 25.1 Å². The third kappa shape index (κ3) is 8.02. The number of unbranched alkanes of at least 4 members (excludes halogenated alkanes) is 1. The van der Waals surface area contributed by atoms with Crippen molar-refractivity contribution in [3.05, 3.63) is 102 Å². The van der Waals surface area contributed by atoms with Gasteiger partial charge < -0.3 is 19.9 Å². The molecular weight excluding hydrogens is 566 g/mol. The average Bonchev–Trinajstić information content (AvgIpc) is 3.05. The zero-order valence-electron chi connectivity index (χ0n) is 27.2. The maximum atomic E-state index is 14.2. The molecule has 4 amide bonds. The molecule has 1 N–H and O–H groups in total. The first-order valence-electron chi connectivity index (χ1n) is 15.8. The number of carbonyl (C=O) groups is 3. The van der Waals surface area contributed by atoms with Crippen LogP contribution in [0.3, 0.4) is 0 Å². The number of hydrazine groups is 1. The monoisotopic (exact) mass is 613 g/mol. The maximum Gasteiger partial charge on any atom is 0.334 e. The molecule has 0 spiro atoms. The number of benzene rings is 2. The third-order valence-electron chi connectivity index (χ3n) is 8.51. The van der Waals surface area contributed by atoms with E-state index < -0.39 is 12.2 Å². The fraction of sp³-hybridized carbons (Fsp3) is 0.417. The van der Waals surface area contributed by atoms with Crippen LogP contribution in [0.15, 0.2) is 90.6 Å². The number of carbonyl (C=O) groups excluding carboxylic acids is 3. The summed E-state index contributed by atoms with van der Waals surface area (Å²) in [6, 6.07) is 16.8. The van der Waals surface area contributed by atoms with Crippen LogP contribution in [0.2, 0.25) is 0 Å². The van der Waals surface area contributed by atoms with E-state index in [2.05, 4.69) is 36.5 Å². The first kappa shape index (κ1) is 33.5. The van der Waals surface area contributed by atoms with E-state index in [-0.39, 0.29) is 36.9 Å². The number of allylic oxidation sites excluding steroid dienone is 5. The fourth-order valence-corrected chi connectivity index (χ4v) is 6.15. The highest BCUT2D eigenvalue weighted by atomic mass is 16.5. The number of hydrogen-bond donors (Lipinski definition) is 1. The average molecular weight is 614 g/mol. The Hall–Kier alpha value is -4.37. The van der Waals surface area contributed by atoms with Crippen LogP contribution in [-0.2, 0) is 16.1 Å². The van der Waals surface area contributed by atoms with E-state index in [1.54, 1.807) is 29.1 Å². The van der Waals surface area contributed by atoms with E-state index in [9.17, 15) is 14.4 Å². The highest BCUT2D eigenvalue weighted by Crippen LogP contribution is 2.32. The van der Waals surface area contributed by atoms with Gasteiger partial charge >= 0.3 is 6.03 Å². The Morgan fingerprint density at radius 1 is 1.07 bits per heavy atom. The summed E-state index contributed by atoms with van der Waals surface area (Å²) in [5.74, 6) is 0.450. The first-order chi connectivity index (χ1) is 21.8. The molecule has 9 heteroatoms. The van der Waals surface area contributed by atoms with Gasteiger partial charge in [-0.05, 0) is 49.1 Å². The Bertz CT molecular complexity index is 1390. The normalized spacial score (nSPS) is 20.2. The van der Waals surface area contributed by atoms with E-state index in [1.165, 1.54) is 0 Å². The molecule has 0 radical (unpaired) electrons. The molecule has 240 valence electrons. The van der Waals surface area contributed by atoms with Gasteiger partial charge in [-0.15, -0.1) is 0 Å². The third-order valence-corrected chi connectivity index (χ3v) is 8.51. The number of urea groups is 1. The number of nitrogens with zero attached hydrogens (tertiary/aromatic N) is 4. The van der Waals surface area contributed by atoms with E-state index in [0.29, 0.717) is 19.5 Å². The van der Waals surface area contributed by atoms with Crippen molar-refractivity contribution in [2.45, 2.75) is 64.7 Å². The molecule has 9 nitrogen and oxygen atoms in total.